The van der Waals surface area contributed by atoms with Gasteiger partial charge in [0.1, 0.15) is 5.75 Å². The summed E-state index contributed by atoms with van der Waals surface area (Å²) in [7, 11) is 0. The minimum Gasteiger partial charge on any atom is -0.494 e. The van der Waals surface area contributed by atoms with Crippen molar-refractivity contribution in [3.05, 3.63) is 28.3 Å². The lowest BCUT2D eigenvalue weighted by Gasteiger charge is -2.12. The standard InChI is InChI=1S/C13H20ClNO/c1-9(8-15)4-5-16-12-6-10(2)13(14)11(3)7-12/h6-7,9H,4-5,8,15H2,1-3H3. The average Bonchev–Trinajstić information content (AvgIpc) is 2.25. The SMILES string of the molecule is Cc1cc(OCCC(C)CN)cc(C)c1Cl. The van der Waals surface area contributed by atoms with Gasteiger partial charge in [-0.15, -0.1) is 0 Å². The third kappa shape index (κ3) is 3.69. The summed E-state index contributed by atoms with van der Waals surface area (Å²) in [5.74, 6) is 1.40. The lowest BCUT2D eigenvalue weighted by Crippen LogP contribution is -2.13. The van der Waals surface area contributed by atoms with Gasteiger partial charge in [0.05, 0.1) is 6.61 Å². The van der Waals surface area contributed by atoms with E-state index in [4.69, 9.17) is 22.1 Å². The number of nitrogens with two attached hydrogens (primary N) is 1. The van der Waals surface area contributed by atoms with E-state index in [-0.39, 0.29) is 0 Å². The average molecular weight is 242 g/mol. The van der Waals surface area contributed by atoms with Crippen molar-refractivity contribution in [3.8, 4) is 5.75 Å². The Labute approximate surface area is 103 Å². The summed E-state index contributed by atoms with van der Waals surface area (Å²) in [6.45, 7) is 7.53. The minimum absolute atomic E-state index is 0.509. The van der Waals surface area contributed by atoms with Crippen molar-refractivity contribution in [1.29, 1.82) is 0 Å². The molecule has 0 aromatic heterocycles. The van der Waals surface area contributed by atoms with Crippen LogP contribution in [0.15, 0.2) is 12.1 Å². The quantitative estimate of drug-likeness (QED) is 0.858. The van der Waals surface area contributed by atoms with Gasteiger partial charge in [-0.05, 0) is 56.0 Å². The Hall–Kier alpha value is -0.730. The van der Waals surface area contributed by atoms with Gasteiger partial charge in [0.15, 0.2) is 0 Å². The molecule has 0 spiro atoms. The molecule has 0 saturated carbocycles. The van der Waals surface area contributed by atoms with Crippen LogP contribution in [0.1, 0.15) is 24.5 Å². The lowest BCUT2D eigenvalue weighted by atomic mass is 10.1. The van der Waals surface area contributed by atoms with Crippen LogP contribution in [0.2, 0.25) is 5.02 Å². The summed E-state index contributed by atoms with van der Waals surface area (Å²) in [4.78, 5) is 0. The van der Waals surface area contributed by atoms with Crippen LogP contribution in [0.5, 0.6) is 5.75 Å². The number of ether oxygens (including phenoxy) is 1. The van der Waals surface area contributed by atoms with E-state index in [0.717, 1.165) is 28.3 Å². The van der Waals surface area contributed by atoms with Gasteiger partial charge in [0, 0.05) is 5.02 Å². The molecule has 2 N–H and O–H groups in total. The fourth-order valence-corrected chi connectivity index (χ4v) is 1.59. The van der Waals surface area contributed by atoms with Crippen LogP contribution in [-0.4, -0.2) is 13.2 Å². The lowest BCUT2D eigenvalue weighted by molar-refractivity contribution is 0.285. The van der Waals surface area contributed by atoms with Crippen molar-refractivity contribution in [2.75, 3.05) is 13.2 Å². The summed E-state index contributed by atoms with van der Waals surface area (Å²) in [6, 6.07) is 3.95. The molecule has 2 nitrogen and oxygen atoms in total. The monoisotopic (exact) mass is 241 g/mol. The first-order valence-electron chi connectivity index (χ1n) is 5.64. The van der Waals surface area contributed by atoms with Crippen LogP contribution in [0.25, 0.3) is 0 Å². The zero-order valence-electron chi connectivity index (χ0n) is 10.2. The third-order valence-electron chi connectivity index (χ3n) is 2.69. The summed E-state index contributed by atoms with van der Waals surface area (Å²) < 4.78 is 5.68. The Morgan fingerprint density at radius 2 is 1.88 bits per heavy atom. The van der Waals surface area contributed by atoms with E-state index in [1.54, 1.807) is 0 Å². The molecule has 1 unspecified atom stereocenters. The number of halogens is 1. The highest BCUT2D eigenvalue weighted by atomic mass is 35.5. The minimum atomic E-state index is 0.509. The predicted octanol–water partition coefficient (Wildman–Crippen LogP) is 3.32. The fourth-order valence-electron chi connectivity index (χ4n) is 1.49. The first-order chi connectivity index (χ1) is 7.54. The Bertz CT molecular complexity index is 329. The highest BCUT2D eigenvalue weighted by Gasteiger charge is 2.04. The molecule has 1 aromatic carbocycles. The van der Waals surface area contributed by atoms with Crippen molar-refractivity contribution in [3.63, 3.8) is 0 Å². The van der Waals surface area contributed by atoms with Gasteiger partial charge in [-0.1, -0.05) is 18.5 Å². The first-order valence-corrected chi connectivity index (χ1v) is 6.02. The molecule has 3 heteroatoms. The number of hydrogen-bond acceptors (Lipinski definition) is 2. The molecule has 0 radical (unpaired) electrons. The van der Waals surface area contributed by atoms with Crippen LogP contribution in [0.3, 0.4) is 0 Å². The van der Waals surface area contributed by atoms with E-state index in [1.165, 1.54) is 0 Å². The van der Waals surface area contributed by atoms with Gasteiger partial charge in [0.25, 0.3) is 0 Å². The Morgan fingerprint density at radius 3 is 2.38 bits per heavy atom. The molecule has 0 amide bonds. The Morgan fingerprint density at radius 1 is 1.31 bits per heavy atom. The Balaban J connectivity index is 2.55. The van der Waals surface area contributed by atoms with E-state index in [9.17, 15) is 0 Å². The molecular weight excluding hydrogens is 222 g/mol. The number of hydrogen-bond donors (Lipinski definition) is 1. The van der Waals surface area contributed by atoms with Gasteiger partial charge in [-0.25, -0.2) is 0 Å². The van der Waals surface area contributed by atoms with Gasteiger partial charge in [-0.3, -0.25) is 0 Å². The first kappa shape index (κ1) is 13.3. The second-order valence-electron chi connectivity index (χ2n) is 4.35. The molecule has 0 aliphatic rings. The second kappa shape index (κ2) is 6.12. The molecule has 0 saturated heterocycles. The van der Waals surface area contributed by atoms with Gasteiger partial charge in [0.2, 0.25) is 0 Å². The van der Waals surface area contributed by atoms with Crippen molar-refractivity contribution in [1.82, 2.24) is 0 Å². The van der Waals surface area contributed by atoms with Crippen molar-refractivity contribution >= 4 is 11.6 Å². The fraction of sp³-hybridized carbons (Fsp3) is 0.538. The molecule has 0 heterocycles. The van der Waals surface area contributed by atoms with Gasteiger partial charge >= 0.3 is 0 Å². The zero-order chi connectivity index (χ0) is 12.1. The van der Waals surface area contributed by atoms with Crippen LogP contribution < -0.4 is 10.5 Å². The smallest absolute Gasteiger partial charge is 0.119 e. The molecule has 0 bridgehead atoms. The summed E-state index contributed by atoms with van der Waals surface area (Å²) in [6.07, 6.45) is 0.983. The predicted molar refractivity (Wildman–Crippen MR) is 69.3 cm³/mol. The highest BCUT2D eigenvalue weighted by Crippen LogP contribution is 2.25. The van der Waals surface area contributed by atoms with Crippen molar-refractivity contribution in [2.45, 2.75) is 27.2 Å². The van der Waals surface area contributed by atoms with Crippen LogP contribution in [0.4, 0.5) is 0 Å². The third-order valence-corrected chi connectivity index (χ3v) is 3.29. The number of benzene rings is 1. The normalized spacial score (nSPS) is 12.6. The molecule has 0 fully saturated rings. The van der Waals surface area contributed by atoms with Gasteiger partial charge < -0.3 is 10.5 Å². The maximum atomic E-state index is 6.08. The van der Waals surface area contributed by atoms with Crippen LogP contribution in [0, 0.1) is 19.8 Å². The van der Waals surface area contributed by atoms with E-state index in [2.05, 4.69) is 6.92 Å². The maximum Gasteiger partial charge on any atom is 0.119 e. The Kier molecular flexibility index (Phi) is 5.10. The molecule has 0 aliphatic carbocycles. The van der Waals surface area contributed by atoms with Crippen molar-refractivity contribution in [2.24, 2.45) is 11.7 Å². The van der Waals surface area contributed by atoms with Gasteiger partial charge in [-0.2, -0.15) is 0 Å². The molecule has 1 rings (SSSR count). The van der Waals surface area contributed by atoms with Crippen molar-refractivity contribution < 1.29 is 4.74 Å². The summed E-state index contributed by atoms with van der Waals surface area (Å²) >= 11 is 6.08. The summed E-state index contributed by atoms with van der Waals surface area (Å²) in [5, 5.41) is 0.822. The second-order valence-corrected chi connectivity index (χ2v) is 4.73. The number of rotatable bonds is 5. The molecular formula is C13H20ClNO. The molecule has 1 aromatic rings. The van der Waals surface area contributed by atoms with E-state index in [1.807, 2.05) is 26.0 Å². The zero-order valence-corrected chi connectivity index (χ0v) is 11.0. The molecule has 1 atom stereocenters. The van der Waals surface area contributed by atoms with Crippen LogP contribution >= 0.6 is 11.6 Å². The van der Waals surface area contributed by atoms with Crippen LogP contribution in [-0.2, 0) is 0 Å². The number of aryl methyl sites for hydroxylation is 2. The molecule has 16 heavy (non-hydrogen) atoms. The summed E-state index contributed by atoms with van der Waals surface area (Å²) in [5.41, 5.74) is 7.66. The van der Waals surface area contributed by atoms with E-state index < -0.39 is 0 Å². The topological polar surface area (TPSA) is 35.2 Å². The molecule has 90 valence electrons. The molecule has 0 aliphatic heterocycles. The van der Waals surface area contributed by atoms with E-state index in [0.29, 0.717) is 19.1 Å². The highest BCUT2D eigenvalue weighted by molar-refractivity contribution is 6.32. The largest absolute Gasteiger partial charge is 0.494 e. The maximum absolute atomic E-state index is 6.08. The van der Waals surface area contributed by atoms with E-state index >= 15 is 0 Å².